The van der Waals surface area contributed by atoms with Gasteiger partial charge in [-0.1, -0.05) is 18.5 Å². The molecule has 6 N–H and O–H groups in total. The fourth-order valence-electron chi connectivity index (χ4n) is 4.09. The molecule has 1 amide bonds. The van der Waals surface area contributed by atoms with E-state index < -0.39 is 21.8 Å². The lowest BCUT2D eigenvalue weighted by atomic mass is 10.0. The fraction of sp³-hybridized carbons (Fsp3) is 0.185. The van der Waals surface area contributed by atoms with Gasteiger partial charge in [0.15, 0.2) is 9.84 Å². The number of benzene rings is 3. The van der Waals surface area contributed by atoms with E-state index in [1.165, 1.54) is 19.2 Å². The summed E-state index contributed by atoms with van der Waals surface area (Å²) in [6.07, 6.45) is 1.61. The molecular weight excluding hydrogens is 526 g/mol. The number of ether oxygens (including phenoxy) is 1. The Labute approximate surface area is 226 Å². The quantitative estimate of drug-likeness (QED) is 0.224. The molecular formula is C27H28ClN5O4S. The average Bonchev–Trinajstić information content (AvgIpc) is 2.91. The number of fused-ring (bicyclic) bond motifs is 1. The van der Waals surface area contributed by atoms with E-state index in [0.29, 0.717) is 39.1 Å². The molecule has 11 heteroatoms. The van der Waals surface area contributed by atoms with Crippen LogP contribution in [0.5, 0.6) is 5.75 Å². The molecule has 3 aromatic carbocycles. The number of nitrogens with one attached hydrogen (secondary N) is 2. The van der Waals surface area contributed by atoms with E-state index in [1.807, 2.05) is 18.2 Å². The van der Waals surface area contributed by atoms with Crippen LogP contribution in [0.25, 0.3) is 10.8 Å². The van der Waals surface area contributed by atoms with Crippen molar-refractivity contribution in [1.82, 2.24) is 10.3 Å². The molecule has 1 atom stereocenters. The van der Waals surface area contributed by atoms with Crippen LogP contribution in [0.15, 0.2) is 71.8 Å². The molecule has 9 nitrogen and oxygen atoms in total. The van der Waals surface area contributed by atoms with E-state index in [-0.39, 0.29) is 17.2 Å². The smallest absolute Gasteiger partial charge is 0.247 e. The Kier molecular flexibility index (Phi) is 7.94. The number of sulfone groups is 1. The molecule has 0 spiro atoms. The van der Waals surface area contributed by atoms with E-state index in [0.717, 1.165) is 10.8 Å². The highest BCUT2D eigenvalue weighted by Gasteiger charge is 2.25. The Morgan fingerprint density at radius 2 is 1.87 bits per heavy atom. The molecule has 0 aliphatic rings. The second-order valence-corrected chi connectivity index (χ2v) is 11.2. The van der Waals surface area contributed by atoms with Gasteiger partial charge in [0.1, 0.15) is 17.6 Å². The molecule has 0 saturated heterocycles. The highest BCUT2D eigenvalue weighted by atomic mass is 35.5. The van der Waals surface area contributed by atoms with Crippen LogP contribution < -0.4 is 26.8 Å². The van der Waals surface area contributed by atoms with Crippen molar-refractivity contribution < 1.29 is 17.9 Å². The van der Waals surface area contributed by atoms with Crippen LogP contribution in [0, 0.1) is 0 Å². The van der Waals surface area contributed by atoms with Crippen molar-refractivity contribution >= 4 is 55.3 Å². The van der Waals surface area contributed by atoms with Crippen molar-refractivity contribution in [2.75, 3.05) is 29.6 Å². The van der Waals surface area contributed by atoms with Crippen molar-refractivity contribution in [2.24, 2.45) is 0 Å². The van der Waals surface area contributed by atoms with Crippen LogP contribution >= 0.6 is 11.6 Å². The monoisotopic (exact) mass is 553 g/mol. The van der Waals surface area contributed by atoms with Gasteiger partial charge in [0, 0.05) is 40.1 Å². The van der Waals surface area contributed by atoms with Crippen LogP contribution in [-0.2, 0) is 21.2 Å². The third kappa shape index (κ3) is 5.76. The number of aromatic nitrogens is 1. The first-order valence-electron chi connectivity index (χ1n) is 11.8. The number of hydrogen-bond donors (Lipinski definition) is 4. The molecule has 38 heavy (non-hydrogen) atoms. The third-order valence-corrected chi connectivity index (χ3v) is 8.31. The summed E-state index contributed by atoms with van der Waals surface area (Å²) in [6.45, 7) is 1.50. The van der Waals surface area contributed by atoms with Gasteiger partial charge in [-0.25, -0.2) is 13.4 Å². The number of nitrogens with two attached hydrogens (primary N) is 2. The molecule has 1 heterocycles. The van der Waals surface area contributed by atoms with Crippen molar-refractivity contribution in [3.8, 4) is 5.75 Å². The Balaban J connectivity index is 1.69. The van der Waals surface area contributed by atoms with E-state index in [9.17, 15) is 13.2 Å². The van der Waals surface area contributed by atoms with Gasteiger partial charge in [-0.3, -0.25) is 4.79 Å². The number of nitrogen functional groups attached to an aromatic ring is 2. The Bertz CT molecular complexity index is 1610. The largest absolute Gasteiger partial charge is 0.497 e. The first kappa shape index (κ1) is 27.0. The van der Waals surface area contributed by atoms with Gasteiger partial charge in [0.2, 0.25) is 5.91 Å². The van der Waals surface area contributed by atoms with Crippen LogP contribution in [0.2, 0.25) is 5.02 Å². The molecule has 0 radical (unpaired) electrons. The van der Waals surface area contributed by atoms with Crippen molar-refractivity contribution in [1.29, 1.82) is 0 Å². The van der Waals surface area contributed by atoms with Crippen LogP contribution in [0.4, 0.5) is 17.2 Å². The van der Waals surface area contributed by atoms with Crippen molar-refractivity contribution in [2.45, 2.75) is 24.4 Å². The SMILES string of the molecule is CCS(=O)(=O)c1ccc(N)cc1CNC(=O)C(Nc1ccc2c(N)nccc2c1)c1cc(OC)ccc1Cl. The van der Waals surface area contributed by atoms with Crippen molar-refractivity contribution in [3.63, 3.8) is 0 Å². The van der Waals surface area contributed by atoms with Gasteiger partial charge in [-0.05, 0) is 71.6 Å². The summed E-state index contributed by atoms with van der Waals surface area (Å²) in [4.78, 5) is 17.9. The summed E-state index contributed by atoms with van der Waals surface area (Å²) < 4.78 is 30.6. The van der Waals surface area contributed by atoms with Gasteiger partial charge in [0.25, 0.3) is 0 Å². The normalized spacial score (nSPS) is 12.2. The van der Waals surface area contributed by atoms with E-state index >= 15 is 0 Å². The van der Waals surface area contributed by atoms with E-state index in [4.69, 9.17) is 27.8 Å². The second kappa shape index (κ2) is 11.2. The summed E-state index contributed by atoms with van der Waals surface area (Å²) in [6, 6.07) is 15.9. The average molecular weight is 554 g/mol. The molecule has 0 saturated carbocycles. The molecule has 0 bridgehead atoms. The molecule has 4 rings (SSSR count). The van der Waals surface area contributed by atoms with Gasteiger partial charge < -0.3 is 26.8 Å². The number of hydrogen-bond acceptors (Lipinski definition) is 8. The summed E-state index contributed by atoms with van der Waals surface area (Å²) in [5.74, 6) is 0.410. The molecule has 1 aromatic heterocycles. The predicted octanol–water partition coefficient (Wildman–Crippen LogP) is 4.32. The maximum Gasteiger partial charge on any atom is 0.247 e. The second-order valence-electron chi connectivity index (χ2n) is 8.59. The first-order valence-corrected chi connectivity index (χ1v) is 13.8. The van der Waals surface area contributed by atoms with Gasteiger partial charge in [-0.2, -0.15) is 0 Å². The van der Waals surface area contributed by atoms with Gasteiger partial charge >= 0.3 is 0 Å². The number of nitrogens with zero attached hydrogens (tertiary/aromatic N) is 1. The number of halogens is 1. The summed E-state index contributed by atoms with van der Waals surface area (Å²) in [5, 5.41) is 8.06. The Hall–Kier alpha value is -4.02. The number of pyridine rings is 1. The molecule has 4 aromatic rings. The summed E-state index contributed by atoms with van der Waals surface area (Å²) in [5.41, 5.74) is 13.8. The number of amides is 1. The zero-order valence-corrected chi connectivity index (χ0v) is 22.4. The number of methoxy groups -OCH3 is 1. The summed E-state index contributed by atoms with van der Waals surface area (Å²) >= 11 is 6.52. The Morgan fingerprint density at radius 3 is 2.61 bits per heavy atom. The zero-order valence-electron chi connectivity index (χ0n) is 20.9. The number of carbonyl (C=O) groups excluding carboxylic acids is 1. The highest BCUT2D eigenvalue weighted by Crippen LogP contribution is 2.32. The minimum absolute atomic E-state index is 0.0574. The van der Waals surface area contributed by atoms with Crippen molar-refractivity contribution in [3.05, 3.63) is 83.0 Å². The molecule has 1 unspecified atom stereocenters. The predicted molar refractivity (Wildman–Crippen MR) is 151 cm³/mol. The van der Waals surface area contributed by atoms with Crippen LogP contribution in [0.3, 0.4) is 0 Å². The van der Waals surface area contributed by atoms with E-state index in [2.05, 4.69) is 15.6 Å². The zero-order chi connectivity index (χ0) is 27.4. The summed E-state index contributed by atoms with van der Waals surface area (Å²) in [7, 11) is -2.01. The van der Waals surface area contributed by atoms with Gasteiger partial charge in [-0.15, -0.1) is 0 Å². The van der Waals surface area contributed by atoms with Crippen LogP contribution in [-0.4, -0.2) is 32.2 Å². The molecule has 0 fully saturated rings. The minimum atomic E-state index is -3.53. The number of carbonyl (C=O) groups is 1. The maximum absolute atomic E-state index is 13.6. The van der Waals surface area contributed by atoms with E-state index in [1.54, 1.807) is 43.5 Å². The lowest BCUT2D eigenvalue weighted by Crippen LogP contribution is -2.33. The highest BCUT2D eigenvalue weighted by molar-refractivity contribution is 7.91. The topological polar surface area (TPSA) is 149 Å². The van der Waals surface area contributed by atoms with Crippen LogP contribution in [0.1, 0.15) is 24.1 Å². The van der Waals surface area contributed by atoms with Gasteiger partial charge in [0.05, 0.1) is 17.8 Å². The Morgan fingerprint density at radius 1 is 1.08 bits per heavy atom. The third-order valence-electron chi connectivity index (χ3n) is 6.14. The maximum atomic E-state index is 13.6. The molecule has 198 valence electrons. The first-order chi connectivity index (χ1) is 18.1. The lowest BCUT2D eigenvalue weighted by molar-refractivity contribution is -0.122. The molecule has 0 aliphatic heterocycles. The molecule has 0 aliphatic carbocycles. The fourth-order valence-corrected chi connectivity index (χ4v) is 5.44. The lowest BCUT2D eigenvalue weighted by Gasteiger charge is -2.22. The minimum Gasteiger partial charge on any atom is -0.497 e. The standard InChI is InChI=1S/C27H28ClN5O4S/c1-3-38(35,36)24-9-4-18(29)12-17(24)15-32-27(34)25(22-14-20(37-2)6-8-23(22)28)33-19-5-7-21-16(13-19)10-11-31-26(21)30/h4-14,25,33H,3,15,29H2,1-2H3,(H2,30,31)(H,32,34). The number of rotatable bonds is 9. The number of anilines is 3.